The number of nitro groups is 1. The van der Waals surface area contributed by atoms with Crippen molar-refractivity contribution in [2.24, 2.45) is 0 Å². The molecular formula is C35H51N3O7Si. The van der Waals surface area contributed by atoms with Crippen LogP contribution in [0.4, 0.5) is 5.69 Å². The Labute approximate surface area is 274 Å². The standard InChI is InChI=1S/C35H51N3O7Si/c1-34(2,3)36-32(39)31(24-14-16-26(17-15-24)38(41)42)37(33(40)25-12-10-9-11-13-25)22-27-18-20-29(44-27)30-21-19-28(45-30)23-43-46(7,8)35(4,5)6/h9-17,27-31H,18-23H2,1-8H3,(H,36,39)/t27-,28-,29+,30+,31?/m1/s1. The van der Waals surface area contributed by atoms with Gasteiger partial charge in [0.25, 0.3) is 11.6 Å². The largest absolute Gasteiger partial charge is 0.414 e. The van der Waals surface area contributed by atoms with Crippen LogP contribution in [-0.4, -0.2) is 73.1 Å². The van der Waals surface area contributed by atoms with E-state index in [4.69, 9.17) is 13.9 Å². The highest BCUT2D eigenvalue weighted by atomic mass is 28.4. The SMILES string of the molecule is CC(C)(C)NC(=O)C(c1ccc([N+](=O)[O-])cc1)N(C[C@H]1CC[C@@H]([C@@H]2CC[C@H](CO[Si](C)(C)C(C)(C)C)O2)O1)C(=O)c1ccccc1. The number of nitrogens with zero attached hydrogens (tertiary/aromatic N) is 2. The van der Waals surface area contributed by atoms with E-state index in [1.54, 1.807) is 41.3 Å². The van der Waals surface area contributed by atoms with Gasteiger partial charge in [0.2, 0.25) is 5.91 Å². The van der Waals surface area contributed by atoms with Gasteiger partial charge in [-0.15, -0.1) is 0 Å². The van der Waals surface area contributed by atoms with E-state index in [0.29, 0.717) is 24.2 Å². The van der Waals surface area contributed by atoms with E-state index in [1.165, 1.54) is 12.1 Å². The molecule has 0 aliphatic carbocycles. The minimum Gasteiger partial charge on any atom is -0.414 e. The van der Waals surface area contributed by atoms with Crippen LogP contribution in [0, 0.1) is 10.1 Å². The second-order valence-electron chi connectivity index (χ2n) is 15.1. The lowest BCUT2D eigenvalue weighted by molar-refractivity contribution is -0.384. The predicted molar refractivity (Wildman–Crippen MR) is 180 cm³/mol. The van der Waals surface area contributed by atoms with E-state index in [0.717, 1.165) is 19.3 Å². The Kier molecular flexibility index (Phi) is 11.1. The molecule has 46 heavy (non-hydrogen) atoms. The molecule has 4 rings (SSSR count). The zero-order valence-corrected chi connectivity index (χ0v) is 29.6. The van der Waals surface area contributed by atoms with Crippen molar-refractivity contribution >= 4 is 25.8 Å². The molecule has 2 aliphatic rings. The van der Waals surface area contributed by atoms with Crippen molar-refractivity contribution in [1.29, 1.82) is 0 Å². The van der Waals surface area contributed by atoms with Gasteiger partial charge in [-0.25, -0.2) is 0 Å². The zero-order chi connectivity index (χ0) is 33.9. The first-order chi connectivity index (χ1) is 21.4. The Morgan fingerprint density at radius 1 is 0.935 bits per heavy atom. The van der Waals surface area contributed by atoms with E-state index in [-0.39, 0.29) is 53.5 Å². The van der Waals surface area contributed by atoms with Crippen LogP contribution in [0.3, 0.4) is 0 Å². The maximum atomic E-state index is 14.1. The molecule has 2 aliphatic heterocycles. The molecule has 2 aromatic rings. The summed E-state index contributed by atoms with van der Waals surface area (Å²) in [6.07, 6.45) is 2.85. The van der Waals surface area contributed by atoms with Crippen LogP contribution in [0.2, 0.25) is 18.1 Å². The molecule has 1 N–H and O–H groups in total. The summed E-state index contributed by atoms with van der Waals surface area (Å²) in [4.78, 5) is 40.5. The fourth-order valence-corrected chi connectivity index (χ4v) is 6.78. The van der Waals surface area contributed by atoms with Crippen LogP contribution in [0.5, 0.6) is 0 Å². The van der Waals surface area contributed by atoms with Crippen molar-refractivity contribution in [3.63, 3.8) is 0 Å². The lowest BCUT2D eigenvalue weighted by Crippen LogP contribution is -2.51. The molecule has 0 saturated carbocycles. The number of nitro benzene ring substituents is 1. The lowest BCUT2D eigenvalue weighted by Gasteiger charge is -2.37. The Balaban J connectivity index is 1.54. The molecule has 0 bridgehead atoms. The third-order valence-corrected chi connectivity index (χ3v) is 13.8. The fraction of sp³-hybridized carbons (Fsp3) is 0.600. The highest BCUT2D eigenvalue weighted by molar-refractivity contribution is 6.74. The van der Waals surface area contributed by atoms with E-state index >= 15 is 0 Å². The summed E-state index contributed by atoms with van der Waals surface area (Å²) < 4.78 is 19.4. The molecule has 2 aromatic carbocycles. The van der Waals surface area contributed by atoms with Crippen LogP contribution in [-0.2, 0) is 18.7 Å². The molecule has 2 heterocycles. The van der Waals surface area contributed by atoms with Crippen molar-refractivity contribution in [3.8, 4) is 0 Å². The number of nitrogens with one attached hydrogen (secondary N) is 1. The summed E-state index contributed by atoms with van der Waals surface area (Å²) >= 11 is 0. The minimum atomic E-state index is -1.88. The molecule has 0 radical (unpaired) electrons. The quantitative estimate of drug-likeness (QED) is 0.161. The number of carbonyl (C=O) groups excluding carboxylic acids is 2. The first kappa shape index (κ1) is 35.7. The van der Waals surface area contributed by atoms with Crippen LogP contribution in [0.25, 0.3) is 0 Å². The summed E-state index contributed by atoms with van der Waals surface area (Å²) in [6, 6.07) is 13.6. The molecule has 5 atom stereocenters. The maximum absolute atomic E-state index is 14.1. The van der Waals surface area contributed by atoms with E-state index < -0.39 is 24.8 Å². The minimum absolute atomic E-state index is 0.0329. The summed E-state index contributed by atoms with van der Waals surface area (Å²) in [5.41, 5.74) is 0.259. The number of non-ortho nitro benzene ring substituents is 1. The number of hydrogen-bond acceptors (Lipinski definition) is 7. The molecule has 1 unspecified atom stereocenters. The number of rotatable bonds is 11. The van der Waals surface area contributed by atoms with Gasteiger partial charge >= 0.3 is 0 Å². The fourth-order valence-electron chi connectivity index (χ4n) is 5.75. The van der Waals surface area contributed by atoms with E-state index in [1.807, 2.05) is 26.8 Å². The monoisotopic (exact) mass is 653 g/mol. The second kappa shape index (κ2) is 14.3. The Morgan fingerprint density at radius 2 is 1.50 bits per heavy atom. The maximum Gasteiger partial charge on any atom is 0.269 e. The average molecular weight is 654 g/mol. The average Bonchev–Trinajstić information content (AvgIpc) is 3.64. The number of carbonyl (C=O) groups is 2. The van der Waals surface area contributed by atoms with Gasteiger partial charge in [-0.2, -0.15) is 0 Å². The van der Waals surface area contributed by atoms with Crippen LogP contribution < -0.4 is 5.32 Å². The van der Waals surface area contributed by atoms with Crippen molar-refractivity contribution < 1.29 is 28.4 Å². The second-order valence-corrected chi connectivity index (χ2v) is 19.9. The summed E-state index contributed by atoms with van der Waals surface area (Å²) in [7, 11) is -1.88. The third kappa shape index (κ3) is 9.02. The van der Waals surface area contributed by atoms with Gasteiger partial charge in [-0.3, -0.25) is 19.7 Å². The van der Waals surface area contributed by atoms with Crippen LogP contribution >= 0.6 is 0 Å². The van der Waals surface area contributed by atoms with E-state index in [2.05, 4.69) is 39.2 Å². The summed E-state index contributed by atoms with van der Waals surface area (Å²) in [6.45, 7) is 17.6. The van der Waals surface area contributed by atoms with Gasteiger partial charge in [0.1, 0.15) is 6.04 Å². The van der Waals surface area contributed by atoms with Crippen LogP contribution in [0.15, 0.2) is 54.6 Å². The van der Waals surface area contributed by atoms with Gasteiger partial charge in [-0.05, 0) is 94.4 Å². The highest BCUT2D eigenvalue weighted by Crippen LogP contribution is 2.38. The number of hydrogen-bond donors (Lipinski definition) is 1. The summed E-state index contributed by atoms with van der Waals surface area (Å²) in [5.74, 6) is -0.691. The van der Waals surface area contributed by atoms with Gasteiger partial charge in [0.05, 0.1) is 35.9 Å². The lowest BCUT2D eigenvalue weighted by atomic mass is 9.99. The van der Waals surface area contributed by atoms with Gasteiger partial charge in [0.15, 0.2) is 8.32 Å². The van der Waals surface area contributed by atoms with Crippen molar-refractivity contribution in [1.82, 2.24) is 10.2 Å². The van der Waals surface area contributed by atoms with Crippen molar-refractivity contribution in [2.75, 3.05) is 13.2 Å². The molecule has 0 aromatic heterocycles. The molecular weight excluding hydrogens is 602 g/mol. The third-order valence-electron chi connectivity index (χ3n) is 9.29. The Morgan fingerprint density at radius 3 is 2.04 bits per heavy atom. The van der Waals surface area contributed by atoms with Crippen LogP contribution in [0.1, 0.15) is 89.2 Å². The Hall–Kier alpha value is -3.12. The molecule has 2 fully saturated rings. The Bertz CT molecular complexity index is 1350. The molecule has 11 heteroatoms. The van der Waals surface area contributed by atoms with Crippen molar-refractivity contribution in [2.45, 2.75) is 121 Å². The highest BCUT2D eigenvalue weighted by Gasteiger charge is 2.42. The number of amides is 2. The number of ether oxygens (including phenoxy) is 2. The molecule has 252 valence electrons. The first-order valence-corrected chi connectivity index (χ1v) is 19.2. The smallest absolute Gasteiger partial charge is 0.269 e. The molecule has 2 amide bonds. The molecule has 0 spiro atoms. The zero-order valence-electron chi connectivity index (χ0n) is 28.6. The number of benzene rings is 2. The first-order valence-electron chi connectivity index (χ1n) is 16.3. The summed E-state index contributed by atoms with van der Waals surface area (Å²) in [5, 5.41) is 14.5. The predicted octanol–water partition coefficient (Wildman–Crippen LogP) is 6.81. The van der Waals surface area contributed by atoms with Gasteiger partial charge < -0.3 is 24.1 Å². The topological polar surface area (TPSA) is 120 Å². The van der Waals surface area contributed by atoms with Gasteiger partial charge in [-0.1, -0.05) is 39.0 Å². The van der Waals surface area contributed by atoms with Gasteiger partial charge in [0, 0.05) is 29.8 Å². The van der Waals surface area contributed by atoms with E-state index in [9.17, 15) is 19.7 Å². The normalized spacial score (nSPS) is 22.8. The molecule has 2 saturated heterocycles. The molecule has 10 nitrogen and oxygen atoms in total. The van der Waals surface area contributed by atoms with Crippen molar-refractivity contribution in [3.05, 3.63) is 75.8 Å².